The Labute approximate surface area is 113 Å². The molecule has 0 saturated heterocycles. The summed E-state index contributed by atoms with van der Waals surface area (Å²) in [4.78, 5) is 0. The van der Waals surface area contributed by atoms with Gasteiger partial charge >= 0.3 is 8.25 Å². The second-order valence-corrected chi connectivity index (χ2v) is 6.22. The first kappa shape index (κ1) is 16.1. The van der Waals surface area contributed by atoms with Gasteiger partial charge in [0.15, 0.2) is 0 Å². The molecule has 1 saturated carbocycles. The maximum atomic E-state index is 11.7. The topological polar surface area (TPSA) is 35.5 Å². The highest BCUT2D eigenvalue weighted by molar-refractivity contribution is 7.33. The van der Waals surface area contributed by atoms with E-state index in [1.807, 2.05) is 0 Å². The molecule has 106 valence electrons. The average molecular weight is 275 g/mol. The molecule has 0 aromatic rings. The Kier molecular flexibility index (Phi) is 8.83. The van der Waals surface area contributed by atoms with Crippen LogP contribution < -0.4 is 0 Å². The Bertz CT molecular complexity index is 227. The largest absolute Gasteiger partial charge is 0.697 e. The summed E-state index contributed by atoms with van der Waals surface area (Å²) in [5, 5.41) is 0. The SMILES string of the molecule is CCCCC(CC)CO[P+](=O)OC1CCCCC1. The zero-order chi connectivity index (χ0) is 13.2. The summed E-state index contributed by atoms with van der Waals surface area (Å²) < 4.78 is 22.6. The first-order valence-corrected chi connectivity index (χ1v) is 8.62. The van der Waals surface area contributed by atoms with E-state index in [1.165, 1.54) is 38.5 Å². The minimum absolute atomic E-state index is 0.165. The van der Waals surface area contributed by atoms with Gasteiger partial charge in [0.05, 0.1) is 0 Å². The van der Waals surface area contributed by atoms with Gasteiger partial charge in [-0.1, -0.05) is 52.4 Å². The monoisotopic (exact) mass is 275 g/mol. The third-order valence-corrected chi connectivity index (χ3v) is 4.58. The Morgan fingerprint density at radius 2 is 1.94 bits per heavy atom. The molecule has 0 radical (unpaired) electrons. The third kappa shape index (κ3) is 6.82. The predicted octanol–water partition coefficient (Wildman–Crippen LogP) is 5.23. The first-order chi connectivity index (χ1) is 8.76. The standard InChI is InChI=1S/C14H28O3P/c1-3-5-9-13(4-2)12-16-18(15)17-14-10-7-6-8-11-14/h13-14H,3-12H2,1-2H3/q+1. The lowest BCUT2D eigenvalue weighted by Crippen LogP contribution is -2.14. The van der Waals surface area contributed by atoms with Gasteiger partial charge in [-0.05, 0) is 25.2 Å². The molecule has 18 heavy (non-hydrogen) atoms. The maximum Gasteiger partial charge on any atom is 0.697 e. The maximum absolute atomic E-state index is 11.7. The summed E-state index contributed by atoms with van der Waals surface area (Å²) in [7, 11) is -1.91. The van der Waals surface area contributed by atoms with Crippen LogP contribution in [0.4, 0.5) is 0 Å². The van der Waals surface area contributed by atoms with E-state index >= 15 is 0 Å². The van der Waals surface area contributed by atoms with E-state index in [0.717, 1.165) is 19.3 Å². The third-order valence-electron chi connectivity index (χ3n) is 3.75. The molecule has 0 N–H and O–H groups in total. The molecule has 0 spiro atoms. The highest BCUT2D eigenvalue weighted by Gasteiger charge is 2.29. The highest BCUT2D eigenvalue weighted by atomic mass is 31.1. The molecule has 0 aromatic carbocycles. The summed E-state index contributed by atoms with van der Waals surface area (Å²) in [5.41, 5.74) is 0. The lowest BCUT2D eigenvalue weighted by molar-refractivity contribution is 0.120. The summed E-state index contributed by atoms with van der Waals surface area (Å²) in [6.45, 7) is 4.94. The van der Waals surface area contributed by atoms with Gasteiger partial charge in [-0.25, -0.2) is 0 Å². The van der Waals surface area contributed by atoms with E-state index < -0.39 is 8.25 Å². The van der Waals surface area contributed by atoms with Gasteiger partial charge < -0.3 is 0 Å². The normalized spacial score (nSPS) is 19.8. The van der Waals surface area contributed by atoms with E-state index in [1.54, 1.807) is 0 Å². The zero-order valence-corrected chi connectivity index (χ0v) is 12.8. The summed E-state index contributed by atoms with van der Waals surface area (Å²) in [5.74, 6) is 0.527. The van der Waals surface area contributed by atoms with Gasteiger partial charge in [-0.2, -0.15) is 0 Å². The van der Waals surface area contributed by atoms with Crippen LogP contribution in [0.5, 0.6) is 0 Å². The van der Waals surface area contributed by atoms with E-state index in [0.29, 0.717) is 12.5 Å². The average Bonchev–Trinajstić information content (AvgIpc) is 2.40. The van der Waals surface area contributed by atoms with Crippen LogP contribution in [0.25, 0.3) is 0 Å². The lowest BCUT2D eigenvalue weighted by atomic mass is 9.98. The van der Waals surface area contributed by atoms with Crippen molar-refractivity contribution in [1.29, 1.82) is 0 Å². The molecule has 0 aliphatic heterocycles. The van der Waals surface area contributed by atoms with Crippen molar-refractivity contribution in [3.63, 3.8) is 0 Å². The van der Waals surface area contributed by atoms with Crippen molar-refractivity contribution in [1.82, 2.24) is 0 Å². The molecule has 0 heterocycles. The second-order valence-electron chi connectivity index (χ2n) is 5.30. The van der Waals surface area contributed by atoms with E-state index in [4.69, 9.17) is 9.05 Å². The first-order valence-electron chi connectivity index (χ1n) is 7.53. The molecule has 2 unspecified atom stereocenters. The van der Waals surface area contributed by atoms with E-state index in [9.17, 15) is 4.57 Å². The quantitative estimate of drug-likeness (QED) is 0.541. The number of rotatable bonds is 9. The fourth-order valence-corrected chi connectivity index (χ4v) is 3.23. The molecule has 0 aromatic heterocycles. The highest BCUT2D eigenvalue weighted by Crippen LogP contribution is 2.33. The fourth-order valence-electron chi connectivity index (χ4n) is 2.39. The Hall–Kier alpha value is 0.0200. The van der Waals surface area contributed by atoms with Gasteiger partial charge in [0.1, 0.15) is 12.7 Å². The van der Waals surface area contributed by atoms with Crippen molar-refractivity contribution < 1.29 is 13.6 Å². The van der Waals surface area contributed by atoms with Crippen molar-refractivity contribution >= 4 is 8.25 Å². The molecule has 4 heteroatoms. The minimum atomic E-state index is -1.91. The Morgan fingerprint density at radius 3 is 2.56 bits per heavy atom. The van der Waals surface area contributed by atoms with Gasteiger partial charge in [-0.3, -0.25) is 0 Å². The van der Waals surface area contributed by atoms with Crippen LogP contribution in [-0.2, 0) is 13.6 Å². The fraction of sp³-hybridized carbons (Fsp3) is 1.00. The molecule has 1 aliphatic rings. The molecule has 1 fully saturated rings. The molecule has 1 aliphatic carbocycles. The van der Waals surface area contributed by atoms with E-state index in [2.05, 4.69) is 13.8 Å². The van der Waals surface area contributed by atoms with Crippen LogP contribution >= 0.6 is 8.25 Å². The smallest absolute Gasteiger partial charge is 0.119 e. The van der Waals surface area contributed by atoms with E-state index in [-0.39, 0.29) is 6.10 Å². The van der Waals surface area contributed by atoms with Crippen LogP contribution in [0.3, 0.4) is 0 Å². The van der Waals surface area contributed by atoms with Crippen molar-refractivity contribution in [2.75, 3.05) is 6.61 Å². The molecule has 3 nitrogen and oxygen atoms in total. The summed E-state index contributed by atoms with van der Waals surface area (Å²) in [6.07, 6.45) is 10.6. The molecule has 0 bridgehead atoms. The molecule has 1 rings (SSSR count). The van der Waals surface area contributed by atoms with Crippen LogP contribution in [0.1, 0.15) is 71.6 Å². The molecule has 0 amide bonds. The Balaban J connectivity index is 2.14. The second kappa shape index (κ2) is 9.89. The zero-order valence-electron chi connectivity index (χ0n) is 11.9. The number of hydrogen-bond donors (Lipinski definition) is 0. The number of unbranched alkanes of at least 4 members (excludes halogenated alkanes) is 1. The number of hydrogen-bond acceptors (Lipinski definition) is 3. The summed E-state index contributed by atoms with van der Waals surface area (Å²) >= 11 is 0. The van der Waals surface area contributed by atoms with Gasteiger partial charge in [0.25, 0.3) is 0 Å². The van der Waals surface area contributed by atoms with Crippen molar-refractivity contribution in [3.05, 3.63) is 0 Å². The van der Waals surface area contributed by atoms with Gasteiger partial charge in [0.2, 0.25) is 0 Å². The van der Waals surface area contributed by atoms with Crippen molar-refractivity contribution in [2.24, 2.45) is 5.92 Å². The molecule has 2 atom stereocenters. The van der Waals surface area contributed by atoms with Crippen molar-refractivity contribution in [2.45, 2.75) is 77.7 Å². The minimum Gasteiger partial charge on any atom is -0.119 e. The van der Waals surface area contributed by atoms with Crippen LogP contribution in [-0.4, -0.2) is 12.7 Å². The molecular formula is C14H28O3P+. The van der Waals surface area contributed by atoms with Crippen LogP contribution in [0.2, 0.25) is 0 Å². The predicted molar refractivity (Wildman–Crippen MR) is 74.8 cm³/mol. The van der Waals surface area contributed by atoms with Gasteiger partial charge in [0, 0.05) is 4.57 Å². The van der Waals surface area contributed by atoms with Crippen molar-refractivity contribution in [3.8, 4) is 0 Å². The molecular weight excluding hydrogens is 247 g/mol. The summed E-state index contributed by atoms with van der Waals surface area (Å²) in [6, 6.07) is 0. The van der Waals surface area contributed by atoms with Crippen LogP contribution in [0, 0.1) is 5.92 Å². The van der Waals surface area contributed by atoms with Gasteiger partial charge in [-0.15, -0.1) is 9.05 Å². The van der Waals surface area contributed by atoms with Crippen LogP contribution in [0.15, 0.2) is 0 Å². The Morgan fingerprint density at radius 1 is 1.22 bits per heavy atom. The lowest BCUT2D eigenvalue weighted by Gasteiger charge is -2.15.